The number of nitrogens with zero attached hydrogens (tertiary/aromatic N) is 3. The molecule has 1 atom stereocenters. The number of phenols is 1. The first kappa shape index (κ1) is 16.9. The summed E-state index contributed by atoms with van der Waals surface area (Å²) in [5, 5.41) is 17.5. The first-order valence-corrected chi connectivity index (χ1v) is 9.75. The molecule has 5 nitrogen and oxygen atoms in total. The minimum absolute atomic E-state index is 0.125. The van der Waals surface area contributed by atoms with Crippen molar-refractivity contribution in [2.24, 2.45) is 5.10 Å². The van der Waals surface area contributed by atoms with Gasteiger partial charge in [0.15, 0.2) is 0 Å². The van der Waals surface area contributed by atoms with Crippen LogP contribution in [0.1, 0.15) is 36.4 Å². The molecular formula is C21H22ClN3O2. The van der Waals surface area contributed by atoms with Gasteiger partial charge in [-0.1, -0.05) is 11.6 Å². The largest absolute Gasteiger partial charge is 0.508 e. The van der Waals surface area contributed by atoms with Crippen LogP contribution in [0.4, 0.5) is 0 Å². The van der Waals surface area contributed by atoms with Crippen molar-refractivity contribution in [3.63, 3.8) is 0 Å². The van der Waals surface area contributed by atoms with Gasteiger partial charge in [-0.25, -0.2) is 5.01 Å². The van der Waals surface area contributed by atoms with Crippen LogP contribution in [0.5, 0.6) is 11.5 Å². The monoisotopic (exact) mass is 383 g/mol. The third-order valence-corrected chi connectivity index (χ3v) is 6.16. The van der Waals surface area contributed by atoms with Crippen LogP contribution in [0.2, 0.25) is 5.02 Å². The van der Waals surface area contributed by atoms with Crippen molar-refractivity contribution in [2.75, 3.05) is 20.1 Å². The van der Waals surface area contributed by atoms with Crippen LogP contribution >= 0.6 is 11.6 Å². The molecular weight excluding hydrogens is 362 g/mol. The zero-order valence-electron chi connectivity index (χ0n) is 15.2. The summed E-state index contributed by atoms with van der Waals surface area (Å²) >= 11 is 6.29. The maximum Gasteiger partial charge on any atom is 0.200 e. The lowest BCUT2D eigenvalue weighted by Gasteiger charge is -2.50. The molecule has 0 amide bonds. The highest BCUT2D eigenvalue weighted by Gasteiger charge is 2.51. The Bertz CT molecular complexity index is 904. The third kappa shape index (κ3) is 2.77. The molecule has 0 saturated carbocycles. The van der Waals surface area contributed by atoms with Gasteiger partial charge in [0.25, 0.3) is 0 Å². The minimum atomic E-state index is -0.406. The molecule has 3 aliphatic rings. The van der Waals surface area contributed by atoms with Crippen molar-refractivity contribution in [2.45, 2.75) is 31.0 Å². The molecule has 140 valence electrons. The molecule has 3 aliphatic heterocycles. The number of hydrazone groups is 1. The highest BCUT2D eigenvalue weighted by atomic mass is 35.5. The Kier molecular flexibility index (Phi) is 3.85. The highest BCUT2D eigenvalue weighted by Crippen LogP contribution is 2.50. The number of aromatic hydroxyl groups is 1. The van der Waals surface area contributed by atoms with E-state index < -0.39 is 5.72 Å². The molecule has 0 bridgehead atoms. The van der Waals surface area contributed by atoms with Crippen LogP contribution in [0, 0.1) is 0 Å². The van der Waals surface area contributed by atoms with E-state index in [1.54, 1.807) is 12.1 Å². The first-order valence-electron chi connectivity index (χ1n) is 9.37. The molecule has 0 radical (unpaired) electrons. The number of phenolic OH excluding ortho intramolecular Hbond substituents is 1. The Balaban J connectivity index is 1.58. The molecule has 6 heteroatoms. The summed E-state index contributed by atoms with van der Waals surface area (Å²) in [5.41, 5.74) is 2.75. The van der Waals surface area contributed by atoms with Gasteiger partial charge < -0.3 is 14.7 Å². The van der Waals surface area contributed by atoms with Crippen LogP contribution in [0.15, 0.2) is 47.6 Å². The lowest BCUT2D eigenvalue weighted by atomic mass is 9.91. The zero-order valence-corrected chi connectivity index (χ0v) is 16.0. The van der Waals surface area contributed by atoms with Gasteiger partial charge in [0.2, 0.25) is 5.72 Å². The summed E-state index contributed by atoms with van der Waals surface area (Å²) in [7, 11) is 2.15. The van der Waals surface area contributed by atoms with Gasteiger partial charge in [0, 0.05) is 42.9 Å². The fourth-order valence-electron chi connectivity index (χ4n) is 4.38. The van der Waals surface area contributed by atoms with Gasteiger partial charge in [-0.3, -0.25) is 0 Å². The van der Waals surface area contributed by atoms with E-state index in [-0.39, 0.29) is 11.8 Å². The van der Waals surface area contributed by atoms with Gasteiger partial charge in [-0.2, -0.15) is 5.10 Å². The van der Waals surface area contributed by atoms with Crippen molar-refractivity contribution in [3.8, 4) is 11.5 Å². The minimum Gasteiger partial charge on any atom is -0.508 e. The van der Waals surface area contributed by atoms with Crippen molar-refractivity contribution in [1.82, 2.24) is 9.91 Å². The third-order valence-electron chi connectivity index (χ3n) is 5.93. The number of likely N-dealkylation sites (tertiary alicyclic amines) is 1. The van der Waals surface area contributed by atoms with E-state index >= 15 is 0 Å². The number of hydrogen-bond acceptors (Lipinski definition) is 5. The molecule has 0 aliphatic carbocycles. The van der Waals surface area contributed by atoms with Gasteiger partial charge in [0.1, 0.15) is 11.5 Å². The molecule has 2 aromatic carbocycles. The fourth-order valence-corrected chi connectivity index (χ4v) is 4.56. The van der Waals surface area contributed by atoms with E-state index in [1.165, 1.54) is 0 Å². The Morgan fingerprint density at radius 2 is 1.89 bits per heavy atom. The van der Waals surface area contributed by atoms with E-state index in [1.807, 2.05) is 30.3 Å². The first-order chi connectivity index (χ1) is 13.0. The summed E-state index contributed by atoms with van der Waals surface area (Å²) in [5.74, 6) is 1.19. The van der Waals surface area contributed by atoms with Crippen LogP contribution in [-0.4, -0.2) is 46.6 Å². The predicted octanol–water partition coefficient (Wildman–Crippen LogP) is 4.01. The number of hydrogen-bond donors (Lipinski definition) is 1. The Morgan fingerprint density at radius 3 is 2.63 bits per heavy atom. The van der Waals surface area contributed by atoms with Crippen molar-refractivity contribution in [3.05, 3.63) is 58.6 Å². The second-order valence-electron chi connectivity index (χ2n) is 7.69. The number of fused-ring (bicyclic) bond motifs is 4. The molecule has 1 spiro atoms. The Labute approximate surface area is 163 Å². The molecule has 27 heavy (non-hydrogen) atoms. The maximum absolute atomic E-state index is 9.60. The topological polar surface area (TPSA) is 48.3 Å². The lowest BCUT2D eigenvalue weighted by molar-refractivity contribution is -0.147. The van der Waals surface area contributed by atoms with E-state index in [0.717, 1.165) is 60.0 Å². The molecule has 5 rings (SSSR count). The average molecular weight is 384 g/mol. The second kappa shape index (κ2) is 6.14. The van der Waals surface area contributed by atoms with Crippen LogP contribution in [0.25, 0.3) is 0 Å². The van der Waals surface area contributed by atoms with E-state index in [2.05, 4.69) is 17.0 Å². The van der Waals surface area contributed by atoms with E-state index in [9.17, 15) is 5.11 Å². The Morgan fingerprint density at radius 1 is 1.15 bits per heavy atom. The quantitative estimate of drug-likeness (QED) is 0.808. The molecule has 2 aromatic rings. The summed E-state index contributed by atoms with van der Waals surface area (Å²) in [6.45, 7) is 1.96. The highest BCUT2D eigenvalue weighted by molar-refractivity contribution is 6.30. The van der Waals surface area contributed by atoms with Crippen LogP contribution < -0.4 is 4.74 Å². The fraction of sp³-hybridized carbons (Fsp3) is 0.381. The standard InChI is InChI=1S/C21H22ClN3O2/c1-24-10-8-21(9-11-24)25-19(17-12-15(22)4-7-20(17)27-21)13-18(23-25)14-2-5-16(26)6-3-14/h2-7,12,19,26H,8-11,13H2,1H3. The zero-order chi connectivity index (χ0) is 18.6. The van der Waals surface area contributed by atoms with Crippen LogP contribution in [-0.2, 0) is 0 Å². The van der Waals surface area contributed by atoms with Crippen molar-refractivity contribution < 1.29 is 9.84 Å². The molecule has 3 heterocycles. The number of halogens is 1. The number of rotatable bonds is 1. The van der Waals surface area contributed by atoms with Crippen molar-refractivity contribution in [1.29, 1.82) is 0 Å². The molecule has 0 aromatic heterocycles. The molecule has 1 fully saturated rings. The molecule has 1 unspecified atom stereocenters. The maximum atomic E-state index is 9.60. The molecule has 1 N–H and O–H groups in total. The smallest absolute Gasteiger partial charge is 0.200 e. The van der Waals surface area contributed by atoms with Gasteiger partial charge in [0.05, 0.1) is 11.8 Å². The molecule has 1 saturated heterocycles. The predicted molar refractivity (Wildman–Crippen MR) is 105 cm³/mol. The number of piperidine rings is 1. The van der Waals surface area contributed by atoms with Gasteiger partial charge in [-0.15, -0.1) is 0 Å². The van der Waals surface area contributed by atoms with E-state index in [4.69, 9.17) is 21.4 Å². The lowest BCUT2D eigenvalue weighted by Crippen LogP contribution is -2.58. The normalized spacial score (nSPS) is 23.6. The van der Waals surface area contributed by atoms with Gasteiger partial charge >= 0.3 is 0 Å². The SMILES string of the molecule is CN1CCC2(CC1)Oc1ccc(Cl)cc1C1CC(c3ccc(O)cc3)=NN12. The van der Waals surface area contributed by atoms with E-state index in [0.29, 0.717) is 0 Å². The summed E-state index contributed by atoms with van der Waals surface area (Å²) in [6, 6.07) is 13.3. The summed E-state index contributed by atoms with van der Waals surface area (Å²) in [6.07, 6.45) is 2.63. The number of benzene rings is 2. The summed E-state index contributed by atoms with van der Waals surface area (Å²) < 4.78 is 6.57. The number of ether oxygens (including phenoxy) is 1. The average Bonchev–Trinajstić information content (AvgIpc) is 3.12. The van der Waals surface area contributed by atoms with Gasteiger partial charge in [-0.05, 0) is 55.1 Å². The van der Waals surface area contributed by atoms with Crippen LogP contribution in [0.3, 0.4) is 0 Å². The van der Waals surface area contributed by atoms with Crippen molar-refractivity contribution >= 4 is 17.3 Å². The summed E-state index contributed by atoms with van der Waals surface area (Å²) in [4.78, 5) is 2.33. The Hall–Kier alpha value is -2.24. The second-order valence-corrected chi connectivity index (χ2v) is 8.13.